The standard InChI is InChI=1S/C22H31NO3S/c1-3-5-6-7-8-9-10-11-16-19(24)23-21-20(22(25)26-4-2)17-14-12-13-15-18(17)27-21/h12-15H,3-11,16H2,1-2H3,(H,23,24). The quantitative estimate of drug-likeness (QED) is 0.331. The van der Waals surface area contributed by atoms with E-state index in [0.29, 0.717) is 23.6 Å². The van der Waals surface area contributed by atoms with E-state index in [4.69, 9.17) is 4.74 Å². The predicted octanol–water partition coefficient (Wildman–Crippen LogP) is 6.55. The number of unbranched alkanes of at least 4 members (excludes halogenated alkanes) is 7. The molecule has 1 aromatic carbocycles. The van der Waals surface area contributed by atoms with Crippen molar-refractivity contribution in [1.29, 1.82) is 0 Å². The second kappa shape index (κ2) is 11.8. The van der Waals surface area contributed by atoms with E-state index in [-0.39, 0.29) is 11.9 Å². The molecule has 1 heterocycles. The van der Waals surface area contributed by atoms with Crippen molar-refractivity contribution < 1.29 is 14.3 Å². The van der Waals surface area contributed by atoms with E-state index < -0.39 is 0 Å². The number of carbonyl (C=O) groups is 2. The fourth-order valence-electron chi connectivity index (χ4n) is 3.15. The molecule has 0 saturated carbocycles. The Morgan fingerprint density at radius 1 is 0.963 bits per heavy atom. The van der Waals surface area contributed by atoms with Crippen LogP contribution in [0.5, 0.6) is 0 Å². The lowest BCUT2D eigenvalue weighted by Crippen LogP contribution is -2.14. The van der Waals surface area contributed by atoms with Crippen LogP contribution in [-0.4, -0.2) is 18.5 Å². The van der Waals surface area contributed by atoms with Crippen molar-refractivity contribution >= 4 is 38.3 Å². The minimum Gasteiger partial charge on any atom is -0.462 e. The number of rotatable bonds is 12. The molecule has 2 aromatic rings. The summed E-state index contributed by atoms with van der Waals surface area (Å²) in [4.78, 5) is 24.7. The molecular weight excluding hydrogens is 358 g/mol. The van der Waals surface area contributed by atoms with Gasteiger partial charge in [0.2, 0.25) is 5.91 Å². The number of esters is 1. The molecule has 0 atom stereocenters. The molecule has 0 aliphatic carbocycles. The maximum absolute atomic E-state index is 12.4. The van der Waals surface area contributed by atoms with Crippen molar-refractivity contribution in [1.82, 2.24) is 0 Å². The molecule has 2 rings (SSSR count). The number of ether oxygens (including phenoxy) is 1. The van der Waals surface area contributed by atoms with Crippen LogP contribution in [0.3, 0.4) is 0 Å². The van der Waals surface area contributed by atoms with Crippen molar-refractivity contribution in [3.63, 3.8) is 0 Å². The van der Waals surface area contributed by atoms with Crippen LogP contribution in [0.2, 0.25) is 0 Å². The highest BCUT2D eigenvalue weighted by molar-refractivity contribution is 7.23. The van der Waals surface area contributed by atoms with Gasteiger partial charge in [0, 0.05) is 16.5 Å². The second-order valence-electron chi connectivity index (χ2n) is 6.80. The maximum atomic E-state index is 12.4. The number of thiophene rings is 1. The molecular formula is C22H31NO3S. The molecule has 0 fully saturated rings. The summed E-state index contributed by atoms with van der Waals surface area (Å²) in [7, 11) is 0. The minimum atomic E-state index is -0.377. The summed E-state index contributed by atoms with van der Waals surface area (Å²) in [5.74, 6) is -0.407. The van der Waals surface area contributed by atoms with Crippen LogP contribution in [0.1, 0.15) is 82.0 Å². The third-order valence-corrected chi connectivity index (χ3v) is 5.67. The number of benzene rings is 1. The smallest absolute Gasteiger partial charge is 0.341 e. The fraction of sp³-hybridized carbons (Fsp3) is 0.545. The molecule has 0 bridgehead atoms. The molecule has 0 aliphatic rings. The largest absolute Gasteiger partial charge is 0.462 e. The van der Waals surface area contributed by atoms with Gasteiger partial charge >= 0.3 is 5.97 Å². The molecule has 27 heavy (non-hydrogen) atoms. The molecule has 0 spiro atoms. The first-order valence-electron chi connectivity index (χ1n) is 10.2. The second-order valence-corrected chi connectivity index (χ2v) is 7.85. The lowest BCUT2D eigenvalue weighted by atomic mass is 10.1. The molecule has 4 nitrogen and oxygen atoms in total. The molecule has 5 heteroatoms. The summed E-state index contributed by atoms with van der Waals surface area (Å²) < 4.78 is 6.16. The van der Waals surface area contributed by atoms with E-state index in [2.05, 4.69) is 12.2 Å². The zero-order valence-corrected chi connectivity index (χ0v) is 17.3. The number of fused-ring (bicyclic) bond motifs is 1. The predicted molar refractivity (Wildman–Crippen MR) is 114 cm³/mol. The Kier molecular flexibility index (Phi) is 9.32. The number of anilines is 1. The van der Waals surface area contributed by atoms with Gasteiger partial charge in [0.1, 0.15) is 10.6 Å². The number of amides is 1. The Morgan fingerprint density at radius 3 is 2.33 bits per heavy atom. The van der Waals surface area contributed by atoms with E-state index in [0.717, 1.165) is 22.9 Å². The van der Waals surface area contributed by atoms with Gasteiger partial charge in [0.05, 0.1) is 6.61 Å². The van der Waals surface area contributed by atoms with Crippen molar-refractivity contribution in [3.8, 4) is 0 Å². The maximum Gasteiger partial charge on any atom is 0.341 e. The van der Waals surface area contributed by atoms with Gasteiger partial charge in [-0.1, -0.05) is 70.1 Å². The number of nitrogens with one attached hydrogen (secondary N) is 1. The lowest BCUT2D eigenvalue weighted by molar-refractivity contribution is -0.116. The van der Waals surface area contributed by atoms with Crippen molar-refractivity contribution in [2.24, 2.45) is 0 Å². The van der Waals surface area contributed by atoms with Gasteiger partial charge in [-0.15, -0.1) is 11.3 Å². The highest BCUT2D eigenvalue weighted by Crippen LogP contribution is 2.36. The molecule has 0 saturated heterocycles. The zero-order valence-electron chi connectivity index (χ0n) is 16.5. The lowest BCUT2D eigenvalue weighted by Gasteiger charge is -2.07. The van der Waals surface area contributed by atoms with Gasteiger partial charge in [0.15, 0.2) is 0 Å². The Morgan fingerprint density at radius 2 is 1.63 bits per heavy atom. The van der Waals surface area contributed by atoms with E-state index in [1.807, 2.05) is 24.3 Å². The minimum absolute atomic E-state index is 0.0295. The first-order valence-corrected chi connectivity index (χ1v) is 11.0. The molecule has 1 amide bonds. The Bertz CT molecular complexity index is 738. The van der Waals surface area contributed by atoms with Crippen LogP contribution in [0.15, 0.2) is 24.3 Å². The van der Waals surface area contributed by atoms with Gasteiger partial charge < -0.3 is 10.1 Å². The average molecular weight is 390 g/mol. The normalized spacial score (nSPS) is 10.9. The first kappa shape index (κ1) is 21.4. The van der Waals surface area contributed by atoms with E-state index in [1.54, 1.807) is 6.92 Å². The summed E-state index contributed by atoms with van der Waals surface area (Å²) >= 11 is 1.43. The molecule has 0 aliphatic heterocycles. The van der Waals surface area contributed by atoms with Gasteiger partial charge in [-0.3, -0.25) is 4.79 Å². The zero-order chi connectivity index (χ0) is 19.5. The summed E-state index contributed by atoms with van der Waals surface area (Å²) in [6.07, 6.45) is 10.1. The van der Waals surface area contributed by atoms with E-state index in [9.17, 15) is 9.59 Å². The molecule has 0 radical (unpaired) electrons. The summed E-state index contributed by atoms with van der Waals surface area (Å²) in [6, 6.07) is 7.67. The number of hydrogen-bond acceptors (Lipinski definition) is 4. The molecule has 148 valence electrons. The number of hydrogen-bond donors (Lipinski definition) is 1. The average Bonchev–Trinajstić information content (AvgIpc) is 3.01. The third-order valence-electron chi connectivity index (χ3n) is 4.59. The van der Waals surface area contributed by atoms with Crippen molar-refractivity contribution in [2.45, 2.75) is 71.6 Å². The van der Waals surface area contributed by atoms with Crippen molar-refractivity contribution in [3.05, 3.63) is 29.8 Å². The Hall–Kier alpha value is -1.88. The van der Waals surface area contributed by atoms with E-state index in [1.165, 1.54) is 49.9 Å². The molecule has 1 N–H and O–H groups in total. The van der Waals surface area contributed by atoms with Crippen LogP contribution in [0, 0.1) is 0 Å². The van der Waals surface area contributed by atoms with Gasteiger partial charge in [-0.2, -0.15) is 0 Å². The summed E-state index contributed by atoms with van der Waals surface area (Å²) in [5.41, 5.74) is 0.474. The fourth-order valence-corrected chi connectivity index (χ4v) is 4.25. The Labute approximate surface area is 166 Å². The van der Waals surface area contributed by atoms with Crippen LogP contribution < -0.4 is 5.32 Å². The van der Waals surface area contributed by atoms with Gasteiger partial charge in [-0.05, 0) is 19.4 Å². The Balaban J connectivity index is 1.87. The highest BCUT2D eigenvalue weighted by atomic mass is 32.1. The van der Waals surface area contributed by atoms with Crippen LogP contribution in [0.4, 0.5) is 5.00 Å². The molecule has 0 unspecified atom stereocenters. The van der Waals surface area contributed by atoms with Crippen LogP contribution in [0.25, 0.3) is 10.1 Å². The van der Waals surface area contributed by atoms with Gasteiger partial charge in [0.25, 0.3) is 0 Å². The number of carbonyl (C=O) groups excluding carboxylic acids is 2. The highest BCUT2D eigenvalue weighted by Gasteiger charge is 2.21. The van der Waals surface area contributed by atoms with Crippen molar-refractivity contribution in [2.75, 3.05) is 11.9 Å². The van der Waals surface area contributed by atoms with E-state index >= 15 is 0 Å². The van der Waals surface area contributed by atoms with Crippen LogP contribution >= 0.6 is 11.3 Å². The molecule has 1 aromatic heterocycles. The first-order chi connectivity index (χ1) is 13.2. The third kappa shape index (κ3) is 6.65. The topological polar surface area (TPSA) is 55.4 Å². The summed E-state index contributed by atoms with van der Waals surface area (Å²) in [5, 5.41) is 4.37. The van der Waals surface area contributed by atoms with Gasteiger partial charge in [-0.25, -0.2) is 4.79 Å². The monoisotopic (exact) mass is 389 g/mol. The van der Waals surface area contributed by atoms with Crippen LogP contribution in [-0.2, 0) is 9.53 Å². The SMILES string of the molecule is CCCCCCCCCCC(=O)Nc1sc2ccccc2c1C(=O)OCC. The summed E-state index contributed by atoms with van der Waals surface area (Å²) in [6.45, 7) is 4.32.